The van der Waals surface area contributed by atoms with Crippen molar-refractivity contribution >= 4 is 17.7 Å². The normalized spacial score (nSPS) is 15.4. The quantitative estimate of drug-likeness (QED) is 0.667. The van der Waals surface area contributed by atoms with E-state index in [0.29, 0.717) is 28.1 Å². The van der Waals surface area contributed by atoms with E-state index in [-0.39, 0.29) is 30.5 Å². The van der Waals surface area contributed by atoms with Crippen LogP contribution in [0.15, 0.2) is 50.9 Å². The van der Waals surface area contributed by atoms with Gasteiger partial charge in [-0.1, -0.05) is 46.7 Å². The number of amides is 1. The van der Waals surface area contributed by atoms with Gasteiger partial charge < -0.3 is 9.84 Å². The van der Waals surface area contributed by atoms with Crippen molar-refractivity contribution in [2.24, 2.45) is 0 Å². The number of aryl methyl sites for hydroxylation is 2. The summed E-state index contributed by atoms with van der Waals surface area (Å²) in [6.45, 7) is 4.10. The van der Waals surface area contributed by atoms with Crippen LogP contribution in [0, 0.1) is 13.8 Å². The van der Waals surface area contributed by atoms with Gasteiger partial charge in [-0.3, -0.25) is 14.2 Å². The highest BCUT2D eigenvalue weighted by Gasteiger charge is 2.27. The van der Waals surface area contributed by atoms with Crippen molar-refractivity contribution < 1.29 is 9.32 Å². The second-order valence-electron chi connectivity index (χ2n) is 6.88. The van der Waals surface area contributed by atoms with Crippen molar-refractivity contribution in [1.82, 2.24) is 20.0 Å². The van der Waals surface area contributed by atoms with E-state index in [1.807, 2.05) is 37.3 Å². The van der Waals surface area contributed by atoms with Crippen molar-refractivity contribution in [2.45, 2.75) is 38.0 Å². The van der Waals surface area contributed by atoms with Gasteiger partial charge in [0.15, 0.2) is 10.9 Å². The third kappa shape index (κ3) is 3.87. The van der Waals surface area contributed by atoms with Gasteiger partial charge in [0, 0.05) is 35.6 Å². The lowest BCUT2D eigenvalue weighted by atomic mass is 10.1. The predicted molar refractivity (Wildman–Crippen MR) is 106 cm³/mol. The summed E-state index contributed by atoms with van der Waals surface area (Å²) in [4.78, 5) is 29.0. The fraction of sp³-hybridized carbons (Fsp3) is 0.300. The fourth-order valence-electron chi connectivity index (χ4n) is 3.14. The number of nitrogens with one attached hydrogen (secondary N) is 1. The molecule has 4 rings (SSSR count). The minimum Gasteiger partial charge on any atom is -0.356 e. The van der Waals surface area contributed by atoms with Crippen LogP contribution >= 0.6 is 11.8 Å². The van der Waals surface area contributed by atoms with Crippen molar-refractivity contribution in [3.8, 4) is 11.3 Å². The Balaban J connectivity index is 1.36. The van der Waals surface area contributed by atoms with Crippen molar-refractivity contribution in [3.63, 3.8) is 0 Å². The topological polar surface area (TPSA) is 90.0 Å². The van der Waals surface area contributed by atoms with Gasteiger partial charge in [-0.25, -0.2) is 4.98 Å². The summed E-state index contributed by atoms with van der Waals surface area (Å²) in [5, 5.41) is 7.56. The largest absolute Gasteiger partial charge is 0.356 e. The molecule has 0 saturated heterocycles. The minimum absolute atomic E-state index is 0.107. The van der Waals surface area contributed by atoms with E-state index in [9.17, 15) is 9.59 Å². The van der Waals surface area contributed by atoms with Crippen molar-refractivity contribution in [1.29, 1.82) is 0 Å². The van der Waals surface area contributed by atoms with Crippen LogP contribution in [-0.4, -0.2) is 26.4 Å². The molecular weight excluding hydrogens is 376 g/mol. The summed E-state index contributed by atoms with van der Waals surface area (Å²) in [5.41, 5.74) is 3.36. The molecule has 1 aliphatic rings. The first-order valence-corrected chi connectivity index (χ1v) is 10.0. The number of carbonyl (C=O) groups is 1. The van der Waals surface area contributed by atoms with Crippen LogP contribution in [0.2, 0.25) is 0 Å². The van der Waals surface area contributed by atoms with E-state index < -0.39 is 0 Å². The molecule has 28 heavy (non-hydrogen) atoms. The standard InChI is InChI=1S/C20H20N4O3S/c1-12-3-5-14(6-4-12)17-8-15(23-27-17)10-21-18(25)9-16-11-28-20-22-13(2)7-19(26)24(16)20/h3-8,16H,9-11H2,1-2H3,(H,21,25). The maximum Gasteiger partial charge on any atom is 0.254 e. The van der Waals surface area contributed by atoms with E-state index in [1.165, 1.54) is 23.4 Å². The number of hydrogen-bond acceptors (Lipinski definition) is 6. The van der Waals surface area contributed by atoms with Gasteiger partial charge >= 0.3 is 0 Å². The Bertz CT molecular complexity index is 1070. The number of aromatic nitrogens is 3. The molecule has 0 bridgehead atoms. The second-order valence-corrected chi connectivity index (χ2v) is 7.87. The molecule has 0 aliphatic carbocycles. The van der Waals surface area contributed by atoms with Crippen LogP contribution in [0.25, 0.3) is 11.3 Å². The van der Waals surface area contributed by atoms with E-state index in [1.54, 1.807) is 11.5 Å². The molecule has 1 atom stereocenters. The number of nitrogens with zero attached hydrogens (tertiary/aromatic N) is 3. The average molecular weight is 396 g/mol. The highest BCUT2D eigenvalue weighted by Crippen LogP contribution is 2.31. The molecule has 3 aromatic rings. The summed E-state index contributed by atoms with van der Waals surface area (Å²) in [6.07, 6.45) is 0.229. The first kappa shape index (κ1) is 18.5. The van der Waals surface area contributed by atoms with E-state index in [2.05, 4.69) is 15.5 Å². The molecule has 144 valence electrons. The predicted octanol–water partition coefficient (Wildman–Crippen LogP) is 2.87. The third-order valence-corrected chi connectivity index (χ3v) is 5.70. The Labute approximate surface area is 166 Å². The number of benzene rings is 1. The van der Waals surface area contributed by atoms with E-state index >= 15 is 0 Å². The Morgan fingerprint density at radius 3 is 2.86 bits per heavy atom. The van der Waals surface area contributed by atoms with Gasteiger partial charge in [0.05, 0.1) is 12.6 Å². The van der Waals surface area contributed by atoms with Crippen LogP contribution < -0.4 is 10.9 Å². The lowest BCUT2D eigenvalue weighted by molar-refractivity contribution is -0.121. The number of hydrogen-bond donors (Lipinski definition) is 1. The van der Waals surface area contributed by atoms with Gasteiger partial charge in [-0.15, -0.1) is 0 Å². The zero-order chi connectivity index (χ0) is 19.7. The van der Waals surface area contributed by atoms with Crippen LogP contribution in [0.5, 0.6) is 0 Å². The average Bonchev–Trinajstić information content (AvgIpc) is 3.28. The number of carbonyl (C=O) groups excluding carboxylic acids is 1. The molecule has 1 unspecified atom stereocenters. The minimum atomic E-state index is -0.180. The molecular formula is C20H20N4O3S. The number of fused-ring (bicyclic) bond motifs is 1. The molecule has 7 nitrogen and oxygen atoms in total. The fourth-order valence-corrected chi connectivity index (χ4v) is 4.33. The van der Waals surface area contributed by atoms with Gasteiger partial charge in [0.1, 0.15) is 5.69 Å². The Hall–Kier alpha value is -2.87. The van der Waals surface area contributed by atoms with Crippen LogP contribution in [0.4, 0.5) is 0 Å². The molecule has 0 radical (unpaired) electrons. The lowest BCUT2D eigenvalue weighted by Crippen LogP contribution is -2.30. The van der Waals surface area contributed by atoms with Crippen molar-refractivity contribution in [2.75, 3.05) is 5.75 Å². The molecule has 1 N–H and O–H groups in total. The zero-order valence-electron chi connectivity index (χ0n) is 15.6. The first-order chi connectivity index (χ1) is 13.5. The highest BCUT2D eigenvalue weighted by molar-refractivity contribution is 7.99. The van der Waals surface area contributed by atoms with Gasteiger partial charge in [-0.05, 0) is 13.8 Å². The van der Waals surface area contributed by atoms with Crippen LogP contribution in [-0.2, 0) is 11.3 Å². The smallest absolute Gasteiger partial charge is 0.254 e. The lowest BCUT2D eigenvalue weighted by Gasteiger charge is -2.12. The van der Waals surface area contributed by atoms with Crippen LogP contribution in [0.1, 0.15) is 29.4 Å². The number of thioether (sulfide) groups is 1. The zero-order valence-corrected chi connectivity index (χ0v) is 16.5. The molecule has 0 fully saturated rings. The first-order valence-electron chi connectivity index (χ1n) is 9.02. The Morgan fingerprint density at radius 2 is 2.07 bits per heavy atom. The molecule has 0 saturated carbocycles. The summed E-state index contributed by atoms with van der Waals surface area (Å²) >= 11 is 1.51. The van der Waals surface area contributed by atoms with E-state index in [0.717, 1.165) is 5.56 Å². The highest BCUT2D eigenvalue weighted by atomic mass is 32.2. The summed E-state index contributed by atoms with van der Waals surface area (Å²) < 4.78 is 6.99. The van der Waals surface area contributed by atoms with Gasteiger partial charge in [0.2, 0.25) is 5.91 Å². The molecule has 1 aliphatic heterocycles. The second kappa shape index (κ2) is 7.63. The molecule has 0 spiro atoms. The summed E-state index contributed by atoms with van der Waals surface area (Å²) in [5.74, 6) is 1.20. The SMILES string of the molecule is Cc1ccc(-c2cc(CNC(=O)CC3CSc4nc(C)cc(=O)n43)no2)cc1. The van der Waals surface area contributed by atoms with Crippen LogP contribution in [0.3, 0.4) is 0 Å². The Morgan fingerprint density at radius 1 is 1.29 bits per heavy atom. The maximum atomic E-state index is 12.4. The molecule has 1 aromatic carbocycles. The third-order valence-electron chi connectivity index (χ3n) is 4.60. The number of rotatable bonds is 5. The maximum absolute atomic E-state index is 12.4. The Kier molecular flexibility index (Phi) is 5.04. The molecule has 3 heterocycles. The van der Waals surface area contributed by atoms with Gasteiger partial charge in [-0.2, -0.15) is 0 Å². The van der Waals surface area contributed by atoms with Crippen molar-refractivity contribution in [3.05, 3.63) is 63.7 Å². The monoisotopic (exact) mass is 396 g/mol. The molecule has 8 heteroatoms. The molecule has 2 aromatic heterocycles. The molecule has 1 amide bonds. The van der Waals surface area contributed by atoms with E-state index in [4.69, 9.17) is 4.52 Å². The summed E-state index contributed by atoms with van der Waals surface area (Å²) in [7, 11) is 0. The van der Waals surface area contributed by atoms with Gasteiger partial charge in [0.25, 0.3) is 5.56 Å². The summed E-state index contributed by atoms with van der Waals surface area (Å²) in [6, 6.07) is 11.1.